The number of thioether (sulfide) groups is 1. The Morgan fingerprint density at radius 3 is 2.33 bits per heavy atom. The number of benzene rings is 2. The van der Waals surface area contributed by atoms with Crippen molar-refractivity contribution in [2.75, 3.05) is 31.1 Å². The number of alkyl halides is 3. The third-order valence-electron chi connectivity index (χ3n) is 5.39. The van der Waals surface area contributed by atoms with Crippen LogP contribution in [0.1, 0.15) is 16.7 Å². The number of halogens is 5. The first-order valence-corrected chi connectivity index (χ1v) is 11.6. The lowest BCUT2D eigenvalue weighted by Crippen LogP contribution is -2.46. The molecule has 0 saturated carbocycles. The molecular formula is C22H18Cl2F3N3O2S. The van der Waals surface area contributed by atoms with Crippen molar-refractivity contribution in [3.8, 4) is 0 Å². The van der Waals surface area contributed by atoms with E-state index in [4.69, 9.17) is 23.2 Å². The van der Waals surface area contributed by atoms with Crippen molar-refractivity contribution >= 4 is 57.9 Å². The Kier molecular flexibility index (Phi) is 6.95. The molecule has 0 unspecified atom stereocenters. The Morgan fingerprint density at radius 2 is 1.73 bits per heavy atom. The fraction of sp³-hybridized carbons (Fsp3) is 0.273. The SMILES string of the molecule is O=C1NC(=O)/C(=C/c2cc(C(F)(F)F)cc(Cl)c2N2CCN(Cc3ccccc3Cl)CC2)S1. The second kappa shape index (κ2) is 9.58. The van der Waals surface area contributed by atoms with Crippen LogP contribution in [-0.2, 0) is 17.5 Å². The summed E-state index contributed by atoms with van der Waals surface area (Å²) in [7, 11) is 0. The highest BCUT2D eigenvalue weighted by Gasteiger charge is 2.34. The van der Waals surface area contributed by atoms with E-state index in [1.807, 2.05) is 29.2 Å². The molecule has 2 aliphatic rings. The van der Waals surface area contributed by atoms with Crippen LogP contribution in [0, 0.1) is 0 Å². The summed E-state index contributed by atoms with van der Waals surface area (Å²) < 4.78 is 40.2. The summed E-state index contributed by atoms with van der Waals surface area (Å²) in [5, 5.41) is 2.16. The van der Waals surface area contributed by atoms with Crippen molar-refractivity contribution in [2.24, 2.45) is 0 Å². The molecule has 0 atom stereocenters. The Bertz CT molecular complexity index is 1130. The zero-order valence-corrected chi connectivity index (χ0v) is 19.4. The highest BCUT2D eigenvalue weighted by Crippen LogP contribution is 2.40. The number of carbonyl (C=O) groups excluding carboxylic acids is 2. The number of hydrogen-bond donors (Lipinski definition) is 1. The van der Waals surface area contributed by atoms with Gasteiger partial charge < -0.3 is 4.90 Å². The molecule has 0 aliphatic carbocycles. The van der Waals surface area contributed by atoms with Gasteiger partial charge in [-0.2, -0.15) is 13.2 Å². The van der Waals surface area contributed by atoms with E-state index in [0.29, 0.717) is 55.2 Å². The van der Waals surface area contributed by atoms with Gasteiger partial charge >= 0.3 is 6.18 Å². The van der Waals surface area contributed by atoms with Crippen molar-refractivity contribution in [3.05, 3.63) is 68.0 Å². The predicted octanol–water partition coefficient (Wildman–Crippen LogP) is 5.66. The quantitative estimate of drug-likeness (QED) is 0.532. The van der Waals surface area contributed by atoms with E-state index in [1.54, 1.807) is 0 Å². The average Bonchev–Trinajstić information content (AvgIpc) is 3.06. The minimum absolute atomic E-state index is 0.0222. The van der Waals surface area contributed by atoms with Gasteiger partial charge in [-0.25, -0.2) is 0 Å². The van der Waals surface area contributed by atoms with Crippen LogP contribution in [0.4, 0.5) is 23.7 Å². The molecule has 11 heteroatoms. The third-order valence-corrected chi connectivity index (χ3v) is 6.86. The second-order valence-corrected chi connectivity index (χ2v) is 9.43. The lowest BCUT2D eigenvalue weighted by atomic mass is 10.0. The van der Waals surface area contributed by atoms with Gasteiger partial charge in [0.15, 0.2) is 0 Å². The van der Waals surface area contributed by atoms with Crippen molar-refractivity contribution in [2.45, 2.75) is 12.7 Å². The number of carbonyl (C=O) groups is 2. The average molecular weight is 516 g/mol. The minimum Gasteiger partial charge on any atom is -0.367 e. The van der Waals surface area contributed by atoms with Gasteiger partial charge in [0.05, 0.1) is 21.2 Å². The van der Waals surface area contributed by atoms with E-state index in [0.717, 1.165) is 17.7 Å². The maximum atomic E-state index is 13.4. The first-order chi connectivity index (χ1) is 15.6. The van der Waals surface area contributed by atoms with E-state index in [2.05, 4.69) is 10.2 Å². The van der Waals surface area contributed by atoms with Gasteiger partial charge in [0.2, 0.25) is 0 Å². The molecule has 1 N–H and O–H groups in total. The van der Waals surface area contributed by atoms with Crippen LogP contribution < -0.4 is 10.2 Å². The lowest BCUT2D eigenvalue weighted by Gasteiger charge is -2.37. The number of nitrogens with zero attached hydrogens (tertiary/aromatic N) is 2. The number of imide groups is 1. The molecule has 33 heavy (non-hydrogen) atoms. The molecule has 5 nitrogen and oxygen atoms in total. The standard InChI is InChI=1S/C22H18Cl2F3N3O2S/c23-16-4-2-1-3-13(16)12-29-5-7-30(8-6-29)19-14(10-18-20(31)28-21(32)33-18)9-15(11-17(19)24)22(25,26)27/h1-4,9-11H,5-8,12H2,(H,28,31,32)/b18-10-. The molecule has 0 aromatic heterocycles. The molecule has 2 amide bonds. The smallest absolute Gasteiger partial charge is 0.367 e. The molecule has 2 heterocycles. The van der Waals surface area contributed by atoms with Gasteiger partial charge in [-0.1, -0.05) is 41.4 Å². The Hall–Kier alpha value is -2.20. The Morgan fingerprint density at radius 1 is 1.03 bits per heavy atom. The largest absolute Gasteiger partial charge is 0.416 e. The first kappa shape index (κ1) is 23.9. The summed E-state index contributed by atoms with van der Waals surface area (Å²) in [5.74, 6) is -0.644. The lowest BCUT2D eigenvalue weighted by molar-refractivity contribution is -0.137. The summed E-state index contributed by atoms with van der Waals surface area (Å²) in [4.78, 5) is 27.6. The van der Waals surface area contributed by atoms with Crippen LogP contribution in [0.15, 0.2) is 41.3 Å². The van der Waals surface area contributed by atoms with Crippen molar-refractivity contribution < 1.29 is 22.8 Å². The van der Waals surface area contributed by atoms with Crippen LogP contribution in [0.2, 0.25) is 10.0 Å². The van der Waals surface area contributed by atoms with Crippen LogP contribution in [0.3, 0.4) is 0 Å². The molecular weight excluding hydrogens is 498 g/mol. The summed E-state index contributed by atoms with van der Waals surface area (Å²) in [6.45, 7) is 2.98. The number of amides is 2. The molecule has 2 aromatic rings. The van der Waals surface area contributed by atoms with E-state index < -0.39 is 22.9 Å². The molecule has 2 aromatic carbocycles. The summed E-state index contributed by atoms with van der Waals surface area (Å²) in [6, 6.07) is 9.42. The van der Waals surface area contributed by atoms with E-state index >= 15 is 0 Å². The van der Waals surface area contributed by atoms with E-state index in [-0.39, 0.29) is 15.5 Å². The zero-order valence-electron chi connectivity index (χ0n) is 17.1. The van der Waals surface area contributed by atoms with Crippen LogP contribution in [0.5, 0.6) is 0 Å². The van der Waals surface area contributed by atoms with Gasteiger partial charge in [-0.3, -0.25) is 19.8 Å². The molecule has 174 valence electrons. The Labute approximate surface area is 202 Å². The highest BCUT2D eigenvalue weighted by atomic mass is 35.5. The normalized spacial score (nSPS) is 18.8. The summed E-state index contributed by atoms with van der Waals surface area (Å²) in [5.41, 5.74) is 0.624. The predicted molar refractivity (Wildman–Crippen MR) is 125 cm³/mol. The molecule has 0 spiro atoms. The molecule has 0 bridgehead atoms. The Balaban J connectivity index is 1.61. The maximum Gasteiger partial charge on any atom is 0.416 e. The zero-order chi connectivity index (χ0) is 23.8. The first-order valence-electron chi connectivity index (χ1n) is 9.98. The van der Waals surface area contributed by atoms with Gasteiger partial charge in [0.1, 0.15) is 0 Å². The van der Waals surface area contributed by atoms with Crippen molar-refractivity contribution in [1.29, 1.82) is 0 Å². The van der Waals surface area contributed by atoms with Crippen LogP contribution in [-0.4, -0.2) is 42.2 Å². The summed E-state index contributed by atoms with van der Waals surface area (Å²) in [6.07, 6.45) is -3.32. The summed E-state index contributed by atoms with van der Waals surface area (Å²) >= 11 is 13.2. The molecule has 0 radical (unpaired) electrons. The van der Waals surface area contributed by atoms with Gasteiger partial charge in [0, 0.05) is 43.3 Å². The maximum absolute atomic E-state index is 13.4. The van der Waals surface area contributed by atoms with Crippen molar-refractivity contribution in [1.82, 2.24) is 10.2 Å². The molecule has 2 aliphatic heterocycles. The van der Waals surface area contributed by atoms with Crippen LogP contribution >= 0.6 is 35.0 Å². The molecule has 2 fully saturated rings. The monoisotopic (exact) mass is 515 g/mol. The second-order valence-electron chi connectivity index (χ2n) is 7.60. The van der Waals surface area contributed by atoms with Crippen LogP contribution in [0.25, 0.3) is 6.08 Å². The number of rotatable bonds is 4. The topological polar surface area (TPSA) is 52.7 Å². The fourth-order valence-corrected chi connectivity index (χ4v) is 5.00. The van der Waals surface area contributed by atoms with Crippen molar-refractivity contribution in [3.63, 3.8) is 0 Å². The highest BCUT2D eigenvalue weighted by molar-refractivity contribution is 8.18. The number of nitrogens with one attached hydrogen (secondary N) is 1. The number of piperazine rings is 1. The molecule has 4 rings (SSSR count). The van der Waals surface area contributed by atoms with E-state index in [1.165, 1.54) is 6.08 Å². The number of hydrogen-bond acceptors (Lipinski definition) is 5. The fourth-order valence-electron chi connectivity index (χ4n) is 3.79. The number of anilines is 1. The minimum atomic E-state index is -4.61. The van der Waals surface area contributed by atoms with E-state index in [9.17, 15) is 22.8 Å². The third kappa shape index (κ3) is 5.48. The van der Waals surface area contributed by atoms with Gasteiger partial charge in [-0.05, 0) is 41.6 Å². The van der Waals surface area contributed by atoms with Gasteiger partial charge in [0.25, 0.3) is 11.1 Å². The molecule has 2 saturated heterocycles. The van der Waals surface area contributed by atoms with Gasteiger partial charge in [-0.15, -0.1) is 0 Å².